The minimum absolute atomic E-state index is 0.0313. The van der Waals surface area contributed by atoms with Gasteiger partial charge in [-0.1, -0.05) is 35.5 Å². The van der Waals surface area contributed by atoms with Crippen LogP contribution in [0.5, 0.6) is 0 Å². The minimum Gasteiger partial charge on any atom is -0.469 e. The Labute approximate surface area is 156 Å². The summed E-state index contributed by atoms with van der Waals surface area (Å²) in [5, 5.41) is 9.15. The molecular weight excluding hydrogens is 346 g/mol. The van der Waals surface area contributed by atoms with Crippen molar-refractivity contribution in [3.8, 4) is 11.3 Å². The Kier molecular flexibility index (Phi) is 6.04. The molecule has 3 rings (SSSR count). The Bertz CT molecular complexity index is 872. The molecule has 2 aromatic heterocycles. The van der Waals surface area contributed by atoms with E-state index in [0.29, 0.717) is 5.76 Å². The molecule has 1 atom stereocenters. The Hall–Kier alpha value is -3.35. The number of hydrogen-bond acceptors (Lipinski definition) is 5. The molecule has 0 unspecified atom stereocenters. The van der Waals surface area contributed by atoms with Crippen molar-refractivity contribution in [1.29, 1.82) is 0 Å². The second kappa shape index (κ2) is 8.84. The number of carbonyl (C=O) groups excluding carboxylic acids is 2. The molecule has 2 amide bonds. The van der Waals surface area contributed by atoms with Crippen LogP contribution in [0.4, 0.5) is 0 Å². The number of aryl methyl sites for hydroxylation is 1. The maximum Gasteiger partial charge on any atom is 0.273 e. The Morgan fingerprint density at radius 2 is 1.96 bits per heavy atom. The third kappa shape index (κ3) is 5.31. The van der Waals surface area contributed by atoms with E-state index in [4.69, 9.17) is 8.94 Å². The van der Waals surface area contributed by atoms with Crippen LogP contribution in [-0.2, 0) is 11.2 Å². The number of benzene rings is 1. The Morgan fingerprint density at radius 3 is 2.70 bits per heavy atom. The van der Waals surface area contributed by atoms with E-state index in [2.05, 4.69) is 15.8 Å². The summed E-state index contributed by atoms with van der Waals surface area (Å²) in [7, 11) is 0. The van der Waals surface area contributed by atoms with Gasteiger partial charge in [-0.3, -0.25) is 9.59 Å². The van der Waals surface area contributed by atoms with Gasteiger partial charge in [-0.25, -0.2) is 0 Å². The summed E-state index contributed by atoms with van der Waals surface area (Å²) in [5.41, 5.74) is 0.958. The van der Waals surface area contributed by atoms with E-state index in [0.717, 1.165) is 24.2 Å². The average Bonchev–Trinajstić information content (AvgIpc) is 3.37. The average molecular weight is 367 g/mol. The minimum atomic E-state index is -0.459. The highest BCUT2D eigenvalue weighted by Crippen LogP contribution is 2.19. The Morgan fingerprint density at radius 1 is 1.15 bits per heavy atom. The molecule has 7 nitrogen and oxygen atoms in total. The van der Waals surface area contributed by atoms with Crippen LogP contribution in [0.3, 0.4) is 0 Å². The lowest BCUT2D eigenvalue weighted by molar-refractivity contribution is -0.120. The van der Waals surface area contributed by atoms with Crippen molar-refractivity contribution in [1.82, 2.24) is 15.8 Å². The third-order valence-corrected chi connectivity index (χ3v) is 4.02. The molecule has 0 spiro atoms. The van der Waals surface area contributed by atoms with Crippen LogP contribution in [0, 0.1) is 0 Å². The highest BCUT2D eigenvalue weighted by molar-refractivity contribution is 5.95. The summed E-state index contributed by atoms with van der Waals surface area (Å²) in [4.78, 5) is 24.1. The first-order valence-corrected chi connectivity index (χ1v) is 8.74. The summed E-state index contributed by atoms with van der Waals surface area (Å²) in [6, 6.07) is 14.6. The summed E-state index contributed by atoms with van der Waals surface area (Å²) in [6.07, 6.45) is 3.11. The van der Waals surface area contributed by atoms with Gasteiger partial charge in [-0.15, -0.1) is 0 Å². The number of carbonyl (C=O) groups is 2. The molecule has 27 heavy (non-hydrogen) atoms. The SMILES string of the molecule is C[C@@H](CCc1ccco1)NC(=O)CNC(=O)c1cc(-c2ccccc2)on1. The first-order chi connectivity index (χ1) is 13.1. The molecule has 7 heteroatoms. The van der Waals surface area contributed by atoms with Crippen LogP contribution in [0.15, 0.2) is 63.7 Å². The highest BCUT2D eigenvalue weighted by atomic mass is 16.5. The monoisotopic (exact) mass is 367 g/mol. The van der Waals surface area contributed by atoms with Gasteiger partial charge < -0.3 is 19.6 Å². The van der Waals surface area contributed by atoms with Gasteiger partial charge >= 0.3 is 0 Å². The third-order valence-electron chi connectivity index (χ3n) is 4.02. The van der Waals surface area contributed by atoms with Gasteiger partial charge in [0.15, 0.2) is 11.5 Å². The maximum absolute atomic E-state index is 12.1. The molecule has 0 aliphatic heterocycles. The molecule has 0 fully saturated rings. The molecule has 0 bridgehead atoms. The first-order valence-electron chi connectivity index (χ1n) is 8.74. The quantitative estimate of drug-likeness (QED) is 0.638. The van der Waals surface area contributed by atoms with Gasteiger partial charge in [-0.2, -0.15) is 0 Å². The predicted molar refractivity (Wildman–Crippen MR) is 98.9 cm³/mol. The largest absolute Gasteiger partial charge is 0.469 e. The van der Waals surface area contributed by atoms with E-state index in [9.17, 15) is 9.59 Å². The van der Waals surface area contributed by atoms with E-state index < -0.39 is 5.91 Å². The van der Waals surface area contributed by atoms with E-state index in [-0.39, 0.29) is 24.2 Å². The predicted octanol–water partition coefficient (Wildman–Crippen LogP) is 2.80. The van der Waals surface area contributed by atoms with Gasteiger partial charge in [0.05, 0.1) is 12.8 Å². The number of furan rings is 1. The molecule has 0 radical (unpaired) electrons. The molecule has 0 aliphatic carbocycles. The van der Waals surface area contributed by atoms with Gasteiger partial charge in [0.25, 0.3) is 5.91 Å². The summed E-state index contributed by atoms with van der Waals surface area (Å²) >= 11 is 0. The fourth-order valence-corrected chi connectivity index (χ4v) is 2.58. The zero-order valence-corrected chi connectivity index (χ0v) is 15.0. The highest BCUT2D eigenvalue weighted by Gasteiger charge is 2.15. The standard InChI is InChI=1S/C20H21N3O4/c1-14(9-10-16-8-5-11-26-16)22-19(24)13-21-20(25)17-12-18(27-23-17)15-6-3-2-4-7-15/h2-8,11-12,14H,9-10,13H2,1H3,(H,21,25)(H,22,24)/t14-/m0/s1. The van der Waals surface area contributed by atoms with Crippen LogP contribution in [0.1, 0.15) is 29.6 Å². The van der Waals surface area contributed by atoms with E-state index in [1.54, 1.807) is 12.3 Å². The number of hydrogen-bond donors (Lipinski definition) is 2. The fourth-order valence-electron chi connectivity index (χ4n) is 2.58. The van der Waals surface area contributed by atoms with Crippen LogP contribution in [-0.4, -0.2) is 29.6 Å². The molecule has 0 saturated heterocycles. The number of rotatable bonds is 8. The second-order valence-corrected chi connectivity index (χ2v) is 6.21. The molecule has 1 aromatic carbocycles. The lowest BCUT2D eigenvalue weighted by Crippen LogP contribution is -2.41. The lowest BCUT2D eigenvalue weighted by atomic mass is 10.1. The van der Waals surface area contributed by atoms with Crippen LogP contribution in [0.2, 0.25) is 0 Å². The van der Waals surface area contributed by atoms with Gasteiger partial charge in [0.2, 0.25) is 5.91 Å². The van der Waals surface area contributed by atoms with Crippen molar-refractivity contribution in [3.63, 3.8) is 0 Å². The topological polar surface area (TPSA) is 97.4 Å². The van der Waals surface area contributed by atoms with Gasteiger partial charge in [0, 0.05) is 24.1 Å². The molecule has 140 valence electrons. The van der Waals surface area contributed by atoms with Crippen molar-refractivity contribution >= 4 is 11.8 Å². The first kappa shape index (κ1) is 18.4. The number of aromatic nitrogens is 1. The summed E-state index contributed by atoms with van der Waals surface area (Å²) in [5.74, 6) is 0.655. The fraction of sp³-hybridized carbons (Fsp3) is 0.250. The van der Waals surface area contributed by atoms with Crippen molar-refractivity contribution in [2.75, 3.05) is 6.54 Å². The second-order valence-electron chi connectivity index (χ2n) is 6.21. The number of amides is 2. The van der Waals surface area contributed by atoms with Crippen LogP contribution in [0.25, 0.3) is 11.3 Å². The van der Waals surface area contributed by atoms with E-state index in [1.807, 2.05) is 49.4 Å². The van der Waals surface area contributed by atoms with E-state index >= 15 is 0 Å². The molecule has 0 saturated carbocycles. The summed E-state index contributed by atoms with van der Waals surface area (Å²) in [6.45, 7) is 1.78. The summed E-state index contributed by atoms with van der Waals surface area (Å²) < 4.78 is 10.5. The Balaban J connectivity index is 1.43. The van der Waals surface area contributed by atoms with E-state index in [1.165, 1.54) is 0 Å². The van der Waals surface area contributed by atoms with Gasteiger partial charge in [0.1, 0.15) is 5.76 Å². The maximum atomic E-state index is 12.1. The lowest BCUT2D eigenvalue weighted by Gasteiger charge is -2.13. The molecule has 3 aromatic rings. The van der Waals surface area contributed by atoms with Crippen molar-refractivity contribution < 1.29 is 18.5 Å². The zero-order chi connectivity index (χ0) is 19.1. The molecule has 0 aliphatic rings. The number of nitrogens with zero attached hydrogens (tertiary/aromatic N) is 1. The zero-order valence-electron chi connectivity index (χ0n) is 15.0. The van der Waals surface area contributed by atoms with Crippen molar-refractivity contribution in [2.24, 2.45) is 0 Å². The van der Waals surface area contributed by atoms with Gasteiger partial charge in [-0.05, 0) is 25.5 Å². The van der Waals surface area contributed by atoms with Crippen molar-refractivity contribution in [3.05, 3.63) is 66.2 Å². The molecular formula is C20H21N3O4. The van der Waals surface area contributed by atoms with Crippen molar-refractivity contribution in [2.45, 2.75) is 25.8 Å². The smallest absolute Gasteiger partial charge is 0.273 e. The normalized spacial score (nSPS) is 11.7. The van der Waals surface area contributed by atoms with Crippen LogP contribution < -0.4 is 10.6 Å². The molecule has 2 N–H and O–H groups in total. The van der Waals surface area contributed by atoms with Crippen LogP contribution >= 0.6 is 0 Å². The number of nitrogens with one attached hydrogen (secondary N) is 2. The molecule has 2 heterocycles.